The van der Waals surface area contributed by atoms with E-state index in [1.54, 1.807) is 19.1 Å². The van der Waals surface area contributed by atoms with Crippen LogP contribution in [0, 0.1) is 10.1 Å². The van der Waals surface area contributed by atoms with Crippen LogP contribution in [0.15, 0.2) is 24.3 Å². The predicted molar refractivity (Wildman–Crippen MR) is 61.3 cm³/mol. The summed E-state index contributed by atoms with van der Waals surface area (Å²) in [6.07, 6.45) is 0.00894. The van der Waals surface area contributed by atoms with Crippen LogP contribution in [0.25, 0.3) is 0 Å². The van der Waals surface area contributed by atoms with Gasteiger partial charge in [0, 0.05) is 18.2 Å². The topological polar surface area (TPSA) is 95.5 Å². The van der Waals surface area contributed by atoms with Crippen molar-refractivity contribution in [3.05, 3.63) is 39.9 Å². The third-order valence-electron chi connectivity index (χ3n) is 2.20. The van der Waals surface area contributed by atoms with Gasteiger partial charge in [-0.3, -0.25) is 14.9 Å². The highest BCUT2D eigenvalue weighted by Gasteiger charge is 2.15. The summed E-state index contributed by atoms with van der Waals surface area (Å²) in [5.41, 5.74) is 6.28. The van der Waals surface area contributed by atoms with E-state index in [2.05, 4.69) is 0 Å². The van der Waals surface area contributed by atoms with Crippen molar-refractivity contribution in [3.8, 4) is 0 Å². The number of hydrogen-bond donors (Lipinski definition) is 1. The Labute approximate surface area is 111 Å². The van der Waals surface area contributed by atoms with Crippen LogP contribution in [-0.2, 0) is 9.53 Å². The van der Waals surface area contributed by atoms with Gasteiger partial charge < -0.3 is 22.9 Å². The number of nitro benzene ring substituents is 1. The van der Waals surface area contributed by atoms with E-state index in [1.807, 2.05) is 0 Å². The first kappa shape index (κ1) is 16.3. The lowest BCUT2D eigenvalue weighted by atomic mass is 10.0. The van der Waals surface area contributed by atoms with Gasteiger partial charge in [0.25, 0.3) is 5.69 Å². The van der Waals surface area contributed by atoms with Crippen LogP contribution in [0.3, 0.4) is 0 Å². The first-order valence-electron chi connectivity index (χ1n) is 5.20. The zero-order valence-corrected chi connectivity index (χ0v) is 10.6. The molecule has 0 aliphatic rings. The molecule has 1 aromatic carbocycles. The third-order valence-corrected chi connectivity index (χ3v) is 2.20. The Kier molecular flexibility index (Phi) is 6.92. The second-order valence-corrected chi connectivity index (χ2v) is 3.47. The number of nitrogens with zero attached hydrogens (tertiary/aromatic N) is 1. The molecule has 0 radical (unpaired) electrons. The van der Waals surface area contributed by atoms with Gasteiger partial charge in [0.15, 0.2) is 0 Å². The lowest BCUT2D eigenvalue weighted by molar-refractivity contribution is -0.384. The number of carbonyl (C=O) groups excluding carboxylic acids is 1. The highest BCUT2D eigenvalue weighted by Crippen LogP contribution is 2.20. The quantitative estimate of drug-likeness (QED) is 0.402. The van der Waals surface area contributed by atoms with Gasteiger partial charge in [0.2, 0.25) is 0 Å². The minimum atomic E-state index is -0.589. The lowest BCUT2D eigenvalue weighted by Gasteiger charge is -2.10. The third kappa shape index (κ3) is 4.68. The number of halogens is 1. The number of esters is 1. The monoisotopic (exact) mass is 273 g/mol. The molecule has 0 heterocycles. The second-order valence-electron chi connectivity index (χ2n) is 3.47. The number of carbonyl (C=O) groups is 1. The summed E-state index contributed by atoms with van der Waals surface area (Å²) in [6.45, 7) is 2.00. The standard InChI is InChI=1S/C11H14N2O4.ClH/c1-2-17-11(14)7-10(12)8-4-3-5-9(6-8)13(15)16;/h3-6,10H,2,7,12H2,1H3;1H/p-1. The zero-order valence-electron chi connectivity index (χ0n) is 9.84. The van der Waals surface area contributed by atoms with Crippen LogP contribution in [0.2, 0.25) is 0 Å². The molecular weight excluding hydrogens is 260 g/mol. The molecule has 0 spiro atoms. The van der Waals surface area contributed by atoms with Gasteiger partial charge in [-0.15, -0.1) is 0 Å². The Morgan fingerprint density at radius 2 is 2.22 bits per heavy atom. The van der Waals surface area contributed by atoms with Crippen molar-refractivity contribution >= 4 is 11.7 Å². The van der Waals surface area contributed by atoms with E-state index < -0.39 is 16.9 Å². The van der Waals surface area contributed by atoms with Gasteiger partial charge in [-0.05, 0) is 12.5 Å². The van der Waals surface area contributed by atoms with Crippen LogP contribution in [0.4, 0.5) is 5.69 Å². The van der Waals surface area contributed by atoms with Crippen LogP contribution in [-0.4, -0.2) is 17.5 Å². The van der Waals surface area contributed by atoms with Gasteiger partial charge in [0.1, 0.15) is 0 Å². The molecule has 18 heavy (non-hydrogen) atoms. The fraction of sp³-hybridized carbons (Fsp3) is 0.364. The Balaban J connectivity index is 0.00000289. The Morgan fingerprint density at radius 1 is 1.56 bits per heavy atom. The number of hydrogen-bond acceptors (Lipinski definition) is 5. The summed E-state index contributed by atoms with van der Waals surface area (Å²) in [7, 11) is 0. The molecule has 7 heteroatoms. The molecule has 6 nitrogen and oxygen atoms in total. The van der Waals surface area contributed by atoms with Crippen molar-refractivity contribution in [3.63, 3.8) is 0 Å². The highest BCUT2D eigenvalue weighted by atomic mass is 35.5. The molecule has 1 unspecified atom stereocenters. The lowest BCUT2D eigenvalue weighted by Crippen LogP contribution is -3.00. The molecule has 0 saturated carbocycles. The molecular formula is C11H14ClN2O4-. The molecule has 0 aliphatic heterocycles. The molecule has 2 N–H and O–H groups in total. The van der Waals surface area contributed by atoms with E-state index in [-0.39, 0.29) is 24.5 Å². The molecule has 0 aliphatic carbocycles. The summed E-state index contributed by atoms with van der Waals surface area (Å²) in [4.78, 5) is 21.3. The van der Waals surface area contributed by atoms with E-state index in [0.29, 0.717) is 12.2 Å². The number of benzene rings is 1. The van der Waals surface area contributed by atoms with Crippen molar-refractivity contribution < 1.29 is 26.9 Å². The molecule has 0 bridgehead atoms. The smallest absolute Gasteiger partial charge is 0.307 e. The van der Waals surface area contributed by atoms with Crippen LogP contribution in [0.5, 0.6) is 0 Å². The van der Waals surface area contributed by atoms with Crippen molar-refractivity contribution in [2.24, 2.45) is 5.73 Å². The van der Waals surface area contributed by atoms with Crippen molar-refractivity contribution in [2.75, 3.05) is 6.61 Å². The first-order valence-corrected chi connectivity index (χ1v) is 5.20. The van der Waals surface area contributed by atoms with Crippen LogP contribution in [0.1, 0.15) is 24.9 Å². The number of ether oxygens (including phenoxy) is 1. The van der Waals surface area contributed by atoms with E-state index in [4.69, 9.17) is 10.5 Å². The van der Waals surface area contributed by atoms with E-state index in [1.165, 1.54) is 12.1 Å². The maximum absolute atomic E-state index is 11.2. The van der Waals surface area contributed by atoms with E-state index in [9.17, 15) is 14.9 Å². The van der Waals surface area contributed by atoms with Gasteiger partial charge in [0.05, 0.1) is 18.0 Å². The number of nitro groups is 1. The minimum Gasteiger partial charge on any atom is -1.00 e. The zero-order chi connectivity index (χ0) is 12.8. The number of non-ortho nitro benzene ring substituents is 1. The Morgan fingerprint density at radius 3 is 2.78 bits per heavy atom. The summed E-state index contributed by atoms with van der Waals surface area (Å²) < 4.78 is 4.76. The molecule has 0 saturated heterocycles. The molecule has 0 fully saturated rings. The first-order chi connectivity index (χ1) is 8.04. The van der Waals surface area contributed by atoms with Crippen LogP contribution < -0.4 is 18.1 Å². The highest BCUT2D eigenvalue weighted by molar-refractivity contribution is 5.70. The fourth-order valence-corrected chi connectivity index (χ4v) is 1.39. The molecule has 1 aromatic rings. The van der Waals surface area contributed by atoms with Crippen LogP contribution >= 0.6 is 0 Å². The molecule has 0 amide bonds. The van der Waals surface area contributed by atoms with Gasteiger partial charge >= 0.3 is 5.97 Å². The van der Waals surface area contributed by atoms with Gasteiger partial charge in [-0.25, -0.2) is 0 Å². The normalized spacial score (nSPS) is 11.2. The summed E-state index contributed by atoms with van der Waals surface area (Å²) in [6, 6.07) is 5.34. The summed E-state index contributed by atoms with van der Waals surface area (Å²) in [5.74, 6) is -0.411. The average molecular weight is 274 g/mol. The maximum atomic E-state index is 11.2. The fourth-order valence-electron chi connectivity index (χ4n) is 1.39. The summed E-state index contributed by atoms with van der Waals surface area (Å²) in [5, 5.41) is 10.6. The predicted octanol–water partition coefficient (Wildman–Crippen LogP) is -1.45. The SMILES string of the molecule is CCOC(=O)CC(N)c1cccc([N+](=O)[O-])c1.[Cl-]. The number of nitrogens with two attached hydrogens (primary N) is 1. The second kappa shape index (κ2) is 7.62. The van der Waals surface area contributed by atoms with E-state index >= 15 is 0 Å². The number of rotatable bonds is 5. The Hall–Kier alpha value is -1.66. The Bertz CT molecular complexity index is 425. The molecule has 0 aromatic heterocycles. The maximum Gasteiger partial charge on any atom is 0.307 e. The largest absolute Gasteiger partial charge is 1.00 e. The minimum absolute atomic E-state index is 0. The van der Waals surface area contributed by atoms with Gasteiger partial charge in [-0.1, -0.05) is 12.1 Å². The van der Waals surface area contributed by atoms with Gasteiger partial charge in [-0.2, -0.15) is 0 Å². The molecule has 100 valence electrons. The molecule has 1 rings (SSSR count). The summed E-state index contributed by atoms with van der Waals surface area (Å²) >= 11 is 0. The van der Waals surface area contributed by atoms with Crippen molar-refractivity contribution in [1.29, 1.82) is 0 Å². The average Bonchev–Trinajstić information content (AvgIpc) is 2.29. The van der Waals surface area contributed by atoms with Crippen molar-refractivity contribution in [2.45, 2.75) is 19.4 Å². The van der Waals surface area contributed by atoms with Crippen molar-refractivity contribution in [1.82, 2.24) is 0 Å². The van der Waals surface area contributed by atoms with E-state index in [0.717, 1.165) is 0 Å². The molecule has 1 atom stereocenters.